The molecule has 0 bridgehead atoms. The fourth-order valence-corrected chi connectivity index (χ4v) is 3.10. The van der Waals surface area contributed by atoms with Gasteiger partial charge in [-0.15, -0.1) is 0 Å². The van der Waals surface area contributed by atoms with Crippen LogP contribution in [0, 0.1) is 0 Å². The maximum absolute atomic E-state index is 13.6. The van der Waals surface area contributed by atoms with Gasteiger partial charge in [0.15, 0.2) is 0 Å². The highest BCUT2D eigenvalue weighted by Crippen LogP contribution is 2.37. The summed E-state index contributed by atoms with van der Waals surface area (Å²) in [5, 5.41) is 4.86. The second-order valence-corrected chi connectivity index (χ2v) is 8.60. The number of hydrogen-bond donors (Lipinski definition) is 2. The molecule has 2 amide bonds. The summed E-state index contributed by atoms with van der Waals surface area (Å²) < 4.78 is 45.9. The van der Waals surface area contributed by atoms with Crippen LogP contribution in [0.5, 0.6) is 0 Å². The average Bonchev–Trinajstić information content (AvgIpc) is 2.64. The number of rotatable bonds is 6. The van der Waals surface area contributed by atoms with E-state index < -0.39 is 29.3 Å². The van der Waals surface area contributed by atoms with Crippen molar-refractivity contribution in [3.05, 3.63) is 23.8 Å². The number of alkyl carbamates (subject to hydrolysis) is 1. The monoisotopic (exact) mass is 444 g/mol. The number of halogens is 3. The Morgan fingerprint density at radius 2 is 1.74 bits per heavy atom. The summed E-state index contributed by atoms with van der Waals surface area (Å²) in [6.07, 6.45) is -4.96. The topological polar surface area (TPSA) is 73.9 Å². The highest BCUT2D eigenvalue weighted by atomic mass is 19.4. The van der Waals surface area contributed by atoms with Crippen LogP contribution in [-0.2, 0) is 15.7 Å². The molecular weight excluding hydrogens is 413 g/mol. The van der Waals surface area contributed by atoms with Crippen LogP contribution in [0.25, 0.3) is 0 Å². The molecule has 174 valence electrons. The molecule has 1 aliphatic heterocycles. The van der Waals surface area contributed by atoms with Gasteiger partial charge in [0.05, 0.1) is 11.3 Å². The third kappa shape index (κ3) is 8.28. The lowest BCUT2D eigenvalue weighted by molar-refractivity contribution is -0.136. The maximum atomic E-state index is 13.6. The predicted octanol–water partition coefficient (Wildman–Crippen LogP) is 3.70. The van der Waals surface area contributed by atoms with Crippen LogP contribution >= 0.6 is 0 Å². The quantitative estimate of drug-likeness (QED) is 0.655. The minimum atomic E-state index is -4.59. The standard InChI is InChI=1S/C21H31F3N4O3/c1-20(2,3)31-19(30)25-9-5-6-18(29)26-17-8-7-15(14-16(17)21(22,23)24)28-12-10-27(4)11-13-28/h7-8,14H,5-6,9-13H2,1-4H3,(H,25,30)(H,26,29). The van der Waals surface area contributed by atoms with Crippen molar-refractivity contribution < 1.29 is 27.5 Å². The first-order chi connectivity index (χ1) is 14.3. The van der Waals surface area contributed by atoms with Crippen LogP contribution in [0.1, 0.15) is 39.2 Å². The highest BCUT2D eigenvalue weighted by Gasteiger charge is 2.35. The number of carbonyl (C=O) groups excluding carboxylic acids is 2. The van der Waals surface area contributed by atoms with Crippen molar-refractivity contribution in [1.82, 2.24) is 10.2 Å². The van der Waals surface area contributed by atoms with E-state index in [2.05, 4.69) is 15.5 Å². The van der Waals surface area contributed by atoms with E-state index in [-0.39, 0.29) is 25.1 Å². The Morgan fingerprint density at radius 1 is 1.10 bits per heavy atom. The molecule has 1 heterocycles. The molecular formula is C21H31F3N4O3. The average molecular weight is 444 g/mol. The summed E-state index contributed by atoms with van der Waals surface area (Å²) in [5.74, 6) is -0.552. The number of likely N-dealkylation sites (N-methyl/N-ethyl adjacent to an activating group) is 1. The molecule has 31 heavy (non-hydrogen) atoms. The lowest BCUT2D eigenvalue weighted by Gasteiger charge is -2.34. The number of nitrogens with zero attached hydrogens (tertiary/aromatic N) is 2. The van der Waals surface area contributed by atoms with Gasteiger partial charge in [-0.3, -0.25) is 4.79 Å². The molecule has 1 aromatic carbocycles. The molecule has 2 rings (SSSR count). The molecule has 1 saturated heterocycles. The first-order valence-electron chi connectivity index (χ1n) is 10.3. The fraction of sp³-hybridized carbons (Fsp3) is 0.619. The smallest absolute Gasteiger partial charge is 0.418 e. The first-order valence-corrected chi connectivity index (χ1v) is 10.3. The number of nitrogens with one attached hydrogen (secondary N) is 2. The molecule has 7 nitrogen and oxygen atoms in total. The van der Waals surface area contributed by atoms with E-state index in [9.17, 15) is 22.8 Å². The van der Waals surface area contributed by atoms with Crippen LogP contribution in [0.15, 0.2) is 18.2 Å². The Labute approximate surface area is 180 Å². The molecule has 2 N–H and O–H groups in total. The molecule has 1 aliphatic rings. The lowest BCUT2D eigenvalue weighted by Crippen LogP contribution is -2.44. The minimum absolute atomic E-state index is 0.0344. The van der Waals surface area contributed by atoms with E-state index in [1.54, 1.807) is 26.8 Å². The molecule has 10 heteroatoms. The van der Waals surface area contributed by atoms with E-state index >= 15 is 0 Å². The van der Waals surface area contributed by atoms with Crippen molar-refractivity contribution in [2.45, 2.75) is 45.4 Å². The second-order valence-electron chi connectivity index (χ2n) is 8.60. The maximum Gasteiger partial charge on any atom is 0.418 e. The van der Waals surface area contributed by atoms with Crippen molar-refractivity contribution in [3.63, 3.8) is 0 Å². The van der Waals surface area contributed by atoms with Gasteiger partial charge in [0, 0.05) is 44.8 Å². The van der Waals surface area contributed by atoms with Crippen LogP contribution < -0.4 is 15.5 Å². The van der Waals surface area contributed by atoms with Gasteiger partial charge in [0.25, 0.3) is 0 Å². The Morgan fingerprint density at radius 3 is 2.32 bits per heavy atom. The van der Waals surface area contributed by atoms with Crippen molar-refractivity contribution in [2.24, 2.45) is 0 Å². The Balaban J connectivity index is 1.94. The SMILES string of the molecule is CN1CCN(c2ccc(NC(=O)CCCNC(=O)OC(C)(C)C)c(C(F)(F)F)c2)CC1. The Bertz CT molecular complexity index is 770. The van der Waals surface area contributed by atoms with Crippen molar-refractivity contribution in [3.8, 4) is 0 Å². The normalized spacial score (nSPS) is 15.5. The third-order valence-corrected chi connectivity index (χ3v) is 4.70. The molecule has 0 aliphatic carbocycles. The van der Waals surface area contributed by atoms with Crippen molar-refractivity contribution in [1.29, 1.82) is 0 Å². The number of alkyl halides is 3. The van der Waals surface area contributed by atoms with Gasteiger partial charge in [-0.25, -0.2) is 4.79 Å². The van der Waals surface area contributed by atoms with Gasteiger partial charge >= 0.3 is 12.3 Å². The molecule has 0 atom stereocenters. The Kier molecular flexibility index (Phi) is 8.16. The first kappa shape index (κ1) is 24.8. The second kappa shape index (κ2) is 10.2. The van der Waals surface area contributed by atoms with Crippen LogP contribution in [0.2, 0.25) is 0 Å². The van der Waals surface area contributed by atoms with Crippen LogP contribution in [0.4, 0.5) is 29.3 Å². The summed E-state index contributed by atoms with van der Waals surface area (Å²) in [6.45, 7) is 8.20. The minimum Gasteiger partial charge on any atom is -0.444 e. The number of benzene rings is 1. The number of anilines is 2. The summed E-state index contributed by atoms with van der Waals surface area (Å²) in [5.41, 5.74) is -1.29. The molecule has 0 unspecified atom stereocenters. The van der Waals surface area contributed by atoms with Crippen LogP contribution in [-0.4, -0.2) is 62.3 Å². The summed E-state index contributed by atoms with van der Waals surface area (Å²) in [6, 6.07) is 3.98. The van der Waals surface area contributed by atoms with E-state index in [0.29, 0.717) is 18.8 Å². The largest absolute Gasteiger partial charge is 0.444 e. The molecule has 0 radical (unpaired) electrons. The van der Waals surface area contributed by atoms with Gasteiger partial charge < -0.3 is 25.2 Å². The highest BCUT2D eigenvalue weighted by molar-refractivity contribution is 5.92. The van der Waals surface area contributed by atoms with E-state index in [1.165, 1.54) is 6.07 Å². The van der Waals surface area contributed by atoms with Gasteiger partial charge in [-0.05, 0) is 52.4 Å². The van der Waals surface area contributed by atoms with Crippen molar-refractivity contribution >= 4 is 23.4 Å². The lowest BCUT2D eigenvalue weighted by atomic mass is 10.1. The number of amides is 2. The molecule has 0 spiro atoms. The number of carbonyl (C=O) groups is 2. The predicted molar refractivity (Wildman–Crippen MR) is 113 cm³/mol. The molecule has 1 fully saturated rings. The van der Waals surface area contributed by atoms with Crippen LogP contribution in [0.3, 0.4) is 0 Å². The molecule has 0 aromatic heterocycles. The number of piperazine rings is 1. The zero-order valence-corrected chi connectivity index (χ0v) is 18.4. The molecule has 0 saturated carbocycles. The third-order valence-electron chi connectivity index (χ3n) is 4.70. The zero-order valence-electron chi connectivity index (χ0n) is 18.4. The summed E-state index contributed by atoms with van der Waals surface area (Å²) in [4.78, 5) is 27.7. The van der Waals surface area contributed by atoms with E-state index in [1.807, 2.05) is 11.9 Å². The fourth-order valence-electron chi connectivity index (χ4n) is 3.10. The number of ether oxygens (including phenoxy) is 1. The van der Waals surface area contributed by atoms with Gasteiger partial charge in [-0.1, -0.05) is 0 Å². The molecule has 1 aromatic rings. The summed E-state index contributed by atoms with van der Waals surface area (Å²) >= 11 is 0. The van der Waals surface area contributed by atoms with E-state index in [0.717, 1.165) is 19.2 Å². The van der Waals surface area contributed by atoms with Gasteiger partial charge in [-0.2, -0.15) is 13.2 Å². The van der Waals surface area contributed by atoms with Gasteiger partial charge in [0.1, 0.15) is 5.60 Å². The van der Waals surface area contributed by atoms with Crippen molar-refractivity contribution in [2.75, 3.05) is 50.0 Å². The number of hydrogen-bond acceptors (Lipinski definition) is 5. The Hall–Kier alpha value is -2.49. The van der Waals surface area contributed by atoms with E-state index in [4.69, 9.17) is 4.74 Å². The van der Waals surface area contributed by atoms with Gasteiger partial charge in [0.2, 0.25) is 5.91 Å². The zero-order chi connectivity index (χ0) is 23.2. The summed E-state index contributed by atoms with van der Waals surface area (Å²) in [7, 11) is 1.97.